The molecule has 0 aromatic carbocycles. The van der Waals surface area contributed by atoms with Gasteiger partial charge in [-0.1, -0.05) is 6.07 Å². The Kier molecular flexibility index (Phi) is 7.20. The number of rotatable bonds is 7. The molecule has 1 saturated heterocycles. The molecule has 0 unspecified atom stereocenters. The number of ether oxygens (including phenoxy) is 2. The SMILES string of the molecule is CCN(C(=O)CCl)C1(C(=O)N[C@@H](C)c2ccc(-n3cc(F)cn3)nc2)CCC2(CC1)OCCO2. The van der Waals surface area contributed by atoms with Crippen molar-refractivity contribution in [3.05, 3.63) is 42.1 Å². The van der Waals surface area contributed by atoms with Crippen LogP contribution in [-0.2, 0) is 19.1 Å². The minimum atomic E-state index is -1.05. The molecule has 0 radical (unpaired) electrons. The maximum atomic E-state index is 13.7. The number of hydrogen-bond acceptors (Lipinski definition) is 6. The van der Waals surface area contributed by atoms with Crippen molar-refractivity contribution in [2.45, 2.75) is 56.9 Å². The van der Waals surface area contributed by atoms with E-state index in [1.165, 1.54) is 10.9 Å². The van der Waals surface area contributed by atoms with Crippen LogP contribution in [0, 0.1) is 5.82 Å². The first-order valence-corrected chi connectivity index (χ1v) is 12.0. The Morgan fingerprint density at radius 3 is 2.47 bits per heavy atom. The molecule has 4 rings (SSSR count). The quantitative estimate of drug-likeness (QED) is 0.595. The molecule has 2 aromatic rings. The number of hydrogen-bond donors (Lipinski definition) is 1. The predicted octanol–water partition coefficient (Wildman–Crippen LogP) is 2.73. The first kappa shape index (κ1) is 24.6. The molecule has 0 bridgehead atoms. The monoisotopic (exact) mass is 493 g/mol. The summed E-state index contributed by atoms with van der Waals surface area (Å²) in [7, 11) is 0. The highest BCUT2D eigenvalue weighted by Gasteiger charge is 2.53. The number of nitrogens with one attached hydrogen (secondary N) is 1. The summed E-state index contributed by atoms with van der Waals surface area (Å²) in [5, 5.41) is 6.97. The van der Waals surface area contributed by atoms with E-state index in [9.17, 15) is 14.0 Å². The lowest BCUT2D eigenvalue weighted by Crippen LogP contribution is -2.64. The number of halogens is 2. The van der Waals surface area contributed by atoms with Crippen molar-refractivity contribution in [1.82, 2.24) is 25.0 Å². The second kappa shape index (κ2) is 9.97. The molecule has 184 valence electrons. The summed E-state index contributed by atoms with van der Waals surface area (Å²) in [5.74, 6) is -1.39. The molecule has 11 heteroatoms. The van der Waals surface area contributed by atoms with E-state index in [0.29, 0.717) is 51.3 Å². The molecular formula is C23H29ClFN5O4. The smallest absolute Gasteiger partial charge is 0.246 e. The fourth-order valence-electron chi connectivity index (χ4n) is 4.87. The standard InChI is InChI=1S/C23H29ClFN5O4/c1-3-29(20(31)12-24)22(6-8-23(9-7-22)33-10-11-34-23)21(32)28-16(2)17-4-5-19(26-13-17)30-15-18(25)14-27-30/h4-5,13-16H,3,6-12H2,1-2H3,(H,28,32)/t16-/m0/s1. The summed E-state index contributed by atoms with van der Waals surface area (Å²) in [4.78, 5) is 32.3. The summed E-state index contributed by atoms with van der Waals surface area (Å²) >= 11 is 5.89. The Labute approximate surface area is 202 Å². The number of nitrogens with zero attached hydrogens (tertiary/aromatic N) is 4. The largest absolute Gasteiger partial charge is 0.348 e. The van der Waals surface area contributed by atoms with Gasteiger partial charge < -0.3 is 19.7 Å². The molecule has 1 atom stereocenters. The zero-order valence-electron chi connectivity index (χ0n) is 19.3. The molecule has 2 aliphatic rings. The summed E-state index contributed by atoms with van der Waals surface area (Å²) in [5.41, 5.74) is -0.281. The molecule has 1 aliphatic carbocycles. The zero-order valence-corrected chi connectivity index (χ0v) is 20.1. The molecule has 1 aliphatic heterocycles. The second-order valence-electron chi connectivity index (χ2n) is 8.66. The highest BCUT2D eigenvalue weighted by molar-refractivity contribution is 6.27. The normalized spacial score (nSPS) is 19.6. The molecule has 2 fully saturated rings. The minimum Gasteiger partial charge on any atom is -0.348 e. The van der Waals surface area contributed by atoms with Crippen molar-refractivity contribution >= 4 is 23.4 Å². The topological polar surface area (TPSA) is 98.6 Å². The molecule has 2 amide bonds. The van der Waals surface area contributed by atoms with Crippen LogP contribution in [-0.4, -0.2) is 68.4 Å². The lowest BCUT2D eigenvalue weighted by atomic mass is 9.76. The van der Waals surface area contributed by atoms with Crippen LogP contribution >= 0.6 is 11.6 Å². The maximum absolute atomic E-state index is 13.7. The Balaban J connectivity index is 1.52. The Bertz CT molecular complexity index is 1010. The highest BCUT2D eigenvalue weighted by atomic mass is 35.5. The van der Waals surface area contributed by atoms with Crippen molar-refractivity contribution in [3.8, 4) is 5.82 Å². The lowest BCUT2D eigenvalue weighted by molar-refractivity contribution is -0.197. The number of amides is 2. The van der Waals surface area contributed by atoms with Crippen molar-refractivity contribution in [2.75, 3.05) is 25.6 Å². The first-order valence-electron chi connectivity index (χ1n) is 11.4. The van der Waals surface area contributed by atoms with Crippen LogP contribution < -0.4 is 5.32 Å². The summed E-state index contributed by atoms with van der Waals surface area (Å²) < 4.78 is 26.2. The third kappa shape index (κ3) is 4.67. The number of carbonyl (C=O) groups excluding carboxylic acids is 2. The van der Waals surface area contributed by atoms with Crippen molar-refractivity contribution < 1.29 is 23.5 Å². The van der Waals surface area contributed by atoms with Gasteiger partial charge in [0.2, 0.25) is 11.8 Å². The van der Waals surface area contributed by atoms with Gasteiger partial charge in [-0.2, -0.15) is 5.10 Å². The maximum Gasteiger partial charge on any atom is 0.246 e. The average Bonchev–Trinajstić information content (AvgIpc) is 3.50. The number of likely N-dealkylation sites (N-methyl/N-ethyl adjacent to an activating group) is 1. The van der Waals surface area contributed by atoms with Crippen LogP contribution in [0.15, 0.2) is 30.7 Å². The number of alkyl halides is 1. The molecular weight excluding hydrogens is 465 g/mol. The van der Waals surface area contributed by atoms with Gasteiger partial charge in [0.15, 0.2) is 17.4 Å². The third-order valence-corrected chi connectivity index (χ3v) is 6.96. The average molecular weight is 494 g/mol. The van der Waals surface area contributed by atoms with E-state index in [0.717, 1.165) is 11.8 Å². The van der Waals surface area contributed by atoms with E-state index in [-0.39, 0.29) is 23.7 Å². The molecule has 3 heterocycles. The third-order valence-electron chi connectivity index (χ3n) is 6.73. The predicted molar refractivity (Wildman–Crippen MR) is 122 cm³/mol. The number of aromatic nitrogens is 3. The fraction of sp³-hybridized carbons (Fsp3) is 0.565. The van der Waals surface area contributed by atoms with E-state index >= 15 is 0 Å². The van der Waals surface area contributed by atoms with E-state index in [1.807, 2.05) is 13.8 Å². The number of carbonyl (C=O) groups is 2. The van der Waals surface area contributed by atoms with Gasteiger partial charge >= 0.3 is 0 Å². The fourth-order valence-corrected chi connectivity index (χ4v) is 5.01. The van der Waals surface area contributed by atoms with Gasteiger partial charge in [0, 0.05) is 25.6 Å². The van der Waals surface area contributed by atoms with Crippen LogP contribution in [0.4, 0.5) is 4.39 Å². The van der Waals surface area contributed by atoms with Gasteiger partial charge in [0.1, 0.15) is 11.4 Å². The molecule has 1 saturated carbocycles. The van der Waals surface area contributed by atoms with Crippen LogP contribution in [0.2, 0.25) is 0 Å². The Morgan fingerprint density at radius 1 is 1.24 bits per heavy atom. The van der Waals surface area contributed by atoms with Gasteiger partial charge in [-0.3, -0.25) is 9.59 Å². The second-order valence-corrected chi connectivity index (χ2v) is 8.93. The van der Waals surface area contributed by atoms with Crippen LogP contribution in [0.3, 0.4) is 0 Å². The van der Waals surface area contributed by atoms with Crippen molar-refractivity contribution in [1.29, 1.82) is 0 Å². The van der Waals surface area contributed by atoms with Crippen LogP contribution in [0.1, 0.15) is 51.1 Å². The van der Waals surface area contributed by atoms with Gasteiger partial charge in [-0.05, 0) is 38.3 Å². The van der Waals surface area contributed by atoms with Crippen molar-refractivity contribution in [2.24, 2.45) is 0 Å². The van der Waals surface area contributed by atoms with E-state index < -0.39 is 17.1 Å². The number of pyridine rings is 1. The summed E-state index contributed by atoms with van der Waals surface area (Å²) in [6.07, 6.45) is 5.79. The van der Waals surface area contributed by atoms with Gasteiger partial charge in [-0.15, -0.1) is 11.6 Å². The zero-order chi connectivity index (χ0) is 24.3. The van der Waals surface area contributed by atoms with Crippen LogP contribution in [0.25, 0.3) is 5.82 Å². The van der Waals surface area contributed by atoms with E-state index in [4.69, 9.17) is 21.1 Å². The summed E-state index contributed by atoms with van der Waals surface area (Å²) in [6.45, 7) is 5.11. The van der Waals surface area contributed by atoms with Gasteiger partial charge in [-0.25, -0.2) is 14.1 Å². The van der Waals surface area contributed by atoms with Gasteiger partial charge in [0.25, 0.3) is 0 Å². The minimum absolute atomic E-state index is 0.198. The molecule has 34 heavy (non-hydrogen) atoms. The Morgan fingerprint density at radius 2 is 1.94 bits per heavy atom. The molecule has 1 N–H and O–H groups in total. The molecule has 2 aromatic heterocycles. The summed E-state index contributed by atoms with van der Waals surface area (Å²) in [6, 6.07) is 3.13. The van der Waals surface area contributed by atoms with Gasteiger partial charge in [0.05, 0.1) is 31.6 Å². The van der Waals surface area contributed by atoms with E-state index in [1.54, 1.807) is 23.2 Å². The molecule has 1 spiro atoms. The van der Waals surface area contributed by atoms with Crippen molar-refractivity contribution in [3.63, 3.8) is 0 Å². The van der Waals surface area contributed by atoms with E-state index in [2.05, 4.69) is 15.4 Å². The lowest BCUT2D eigenvalue weighted by Gasteiger charge is -2.48. The molecule has 9 nitrogen and oxygen atoms in total. The Hall–Kier alpha value is -2.56. The first-order chi connectivity index (χ1) is 16.3. The highest BCUT2D eigenvalue weighted by Crippen LogP contribution is 2.43. The van der Waals surface area contributed by atoms with Crippen LogP contribution in [0.5, 0.6) is 0 Å².